The number of hydrogen-bond donors (Lipinski definition) is 2. The van der Waals surface area contributed by atoms with Crippen molar-refractivity contribution in [3.05, 3.63) is 47.4 Å². The van der Waals surface area contributed by atoms with E-state index in [1.54, 1.807) is 9.58 Å². The molecule has 7 heteroatoms. The van der Waals surface area contributed by atoms with Crippen LogP contribution in [0.4, 0.5) is 0 Å². The third-order valence-electron chi connectivity index (χ3n) is 4.88. The Hall–Kier alpha value is -2.67. The number of carbonyl (C=O) groups is 1. The van der Waals surface area contributed by atoms with Crippen molar-refractivity contribution in [2.24, 2.45) is 13.0 Å². The highest BCUT2D eigenvalue weighted by molar-refractivity contribution is 6.04. The maximum absolute atomic E-state index is 12.9. The van der Waals surface area contributed by atoms with Gasteiger partial charge in [0, 0.05) is 37.1 Å². The van der Waals surface area contributed by atoms with E-state index in [9.17, 15) is 9.90 Å². The molecule has 4 rings (SSSR count). The van der Waals surface area contributed by atoms with Gasteiger partial charge in [-0.25, -0.2) is 0 Å². The first-order valence-electron chi connectivity index (χ1n) is 8.43. The number of benzene rings is 1. The molecule has 7 nitrogen and oxygen atoms in total. The number of H-pyrrole nitrogens is 1. The van der Waals surface area contributed by atoms with E-state index in [1.165, 1.54) is 0 Å². The van der Waals surface area contributed by atoms with Crippen LogP contribution in [-0.4, -0.2) is 55.1 Å². The number of hydrogen-bond acceptors (Lipinski definition) is 4. The number of rotatable bonds is 3. The number of nitrogens with zero attached hydrogens (tertiary/aromatic N) is 4. The molecule has 3 heterocycles. The molecule has 0 unspecified atom stereocenters. The Bertz CT molecular complexity index is 929. The van der Waals surface area contributed by atoms with Crippen LogP contribution in [0.25, 0.3) is 10.9 Å². The molecule has 130 valence electrons. The van der Waals surface area contributed by atoms with E-state index < -0.39 is 6.10 Å². The molecule has 1 amide bonds. The third-order valence-corrected chi connectivity index (χ3v) is 4.88. The van der Waals surface area contributed by atoms with Crippen molar-refractivity contribution in [2.45, 2.75) is 19.4 Å². The molecule has 1 aliphatic rings. The molecule has 0 radical (unpaired) electrons. The van der Waals surface area contributed by atoms with E-state index in [1.807, 2.05) is 44.3 Å². The van der Waals surface area contributed by atoms with Gasteiger partial charge in [-0.05, 0) is 25.5 Å². The SMILES string of the molecule is Cc1cc(C[C@@H]2CN(C(=O)c3nn(C)c4ccccc34)C[C@H]2O)n[nH]1. The Kier molecular flexibility index (Phi) is 3.80. The topological polar surface area (TPSA) is 87.0 Å². The van der Waals surface area contributed by atoms with Gasteiger partial charge >= 0.3 is 0 Å². The zero-order valence-corrected chi connectivity index (χ0v) is 14.3. The van der Waals surface area contributed by atoms with Crippen LogP contribution in [0.15, 0.2) is 30.3 Å². The van der Waals surface area contributed by atoms with Crippen LogP contribution in [0.1, 0.15) is 21.9 Å². The van der Waals surface area contributed by atoms with Gasteiger partial charge in [0.15, 0.2) is 5.69 Å². The zero-order valence-electron chi connectivity index (χ0n) is 14.3. The number of aromatic nitrogens is 4. The van der Waals surface area contributed by atoms with E-state index in [0.717, 1.165) is 22.3 Å². The summed E-state index contributed by atoms with van der Waals surface area (Å²) in [6, 6.07) is 9.66. The van der Waals surface area contributed by atoms with Crippen LogP contribution in [0.3, 0.4) is 0 Å². The van der Waals surface area contributed by atoms with Gasteiger partial charge in [0.05, 0.1) is 17.3 Å². The first-order valence-corrected chi connectivity index (χ1v) is 8.43. The quantitative estimate of drug-likeness (QED) is 0.752. The van der Waals surface area contributed by atoms with Gasteiger partial charge in [-0.2, -0.15) is 10.2 Å². The maximum Gasteiger partial charge on any atom is 0.275 e. The van der Waals surface area contributed by atoms with Gasteiger partial charge in [-0.3, -0.25) is 14.6 Å². The minimum atomic E-state index is -0.545. The number of likely N-dealkylation sites (tertiary alicyclic amines) is 1. The Morgan fingerprint density at radius 1 is 1.36 bits per heavy atom. The van der Waals surface area contributed by atoms with E-state index in [-0.39, 0.29) is 11.8 Å². The summed E-state index contributed by atoms with van der Waals surface area (Å²) in [6.07, 6.45) is 0.106. The second kappa shape index (κ2) is 6.00. The zero-order chi connectivity index (χ0) is 17.6. The van der Waals surface area contributed by atoms with Crippen molar-refractivity contribution >= 4 is 16.8 Å². The number of aryl methyl sites for hydroxylation is 2. The van der Waals surface area contributed by atoms with Crippen LogP contribution in [-0.2, 0) is 13.5 Å². The van der Waals surface area contributed by atoms with Gasteiger partial charge in [0.1, 0.15) is 0 Å². The number of β-amino-alcohol motifs (C(OH)–C–C–N with tert-alkyl or cyclic N) is 1. The molecule has 2 N–H and O–H groups in total. The predicted molar refractivity (Wildman–Crippen MR) is 93.1 cm³/mol. The second-order valence-corrected chi connectivity index (χ2v) is 6.77. The standard InChI is InChI=1S/C18H21N5O2/c1-11-7-13(20-19-11)8-12-9-23(10-16(12)24)18(25)17-14-5-3-4-6-15(14)22(2)21-17/h3-7,12,16,24H,8-10H2,1-2H3,(H,19,20)/t12-,16-/m1/s1. The summed E-state index contributed by atoms with van der Waals surface area (Å²) >= 11 is 0. The molecule has 1 fully saturated rings. The molecule has 2 atom stereocenters. The number of fused-ring (bicyclic) bond motifs is 1. The van der Waals surface area contributed by atoms with Crippen molar-refractivity contribution in [1.82, 2.24) is 24.9 Å². The van der Waals surface area contributed by atoms with Crippen LogP contribution in [0, 0.1) is 12.8 Å². The lowest BCUT2D eigenvalue weighted by Crippen LogP contribution is -2.30. The number of aliphatic hydroxyl groups is 1. The molecule has 25 heavy (non-hydrogen) atoms. The number of carbonyl (C=O) groups excluding carboxylic acids is 1. The molecule has 0 aliphatic carbocycles. The van der Waals surface area contributed by atoms with E-state index >= 15 is 0 Å². The van der Waals surface area contributed by atoms with E-state index in [4.69, 9.17) is 0 Å². The summed E-state index contributed by atoms with van der Waals surface area (Å²) in [5.41, 5.74) is 3.28. The number of aromatic amines is 1. The number of nitrogens with one attached hydrogen (secondary N) is 1. The number of amides is 1. The molecule has 1 aliphatic heterocycles. The molecular formula is C18H21N5O2. The molecule has 0 bridgehead atoms. The van der Waals surface area contributed by atoms with Gasteiger partial charge in [0.25, 0.3) is 5.91 Å². The summed E-state index contributed by atoms with van der Waals surface area (Å²) in [6.45, 7) is 2.79. The summed E-state index contributed by atoms with van der Waals surface area (Å²) in [7, 11) is 1.83. The van der Waals surface area contributed by atoms with Crippen molar-refractivity contribution in [3.8, 4) is 0 Å². The minimum absolute atomic E-state index is 0.0124. The maximum atomic E-state index is 12.9. The Balaban J connectivity index is 1.54. The summed E-state index contributed by atoms with van der Waals surface area (Å²) in [5, 5.41) is 22.8. The Labute approximate surface area is 145 Å². The van der Waals surface area contributed by atoms with Crippen LogP contribution in [0.5, 0.6) is 0 Å². The molecule has 2 aromatic heterocycles. The number of para-hydroxylation sites is 1. The fourth-order valence-corrected chi connectivity index (χ4v) is 3.59. The molecule has 1 saturated heterocycles. The first-order chi connectivity index (χ1) is 12.0. The number of aliphatic hydroxyl groups excluding tert-OH is 1. The van der Waals surface area contributed by atoms with Crippen LogP contribution >= 0.6 is 0 Å². The monoisotopic (exact) mass is 339 g/mol. The Morgan fingerprint density at radius 3 is 2.92 bits per heavy atom. The lowest BCUT2D eigenvalue weighted by atomic mass is 10.0. The largest absolute Gasteiger partial charge is 0.391 e. The molecule has 1 aromatic carbocycles. The third kappa shape index (κ3) is 2.80. The second-order valence-electron chi connectivity index (χ2n) is 6.77. The molecular weight excluding hydrogens is 318 g/mol. The van der Waals surface area contributed by atoms with Crippen LogP contribution < -0.4 is 0 Å². The van der Waals surface area contributed by atoms with Gasteiger partial charge < -0.3 is 10.0 Å². The lowest BCUT2D eigenvalue weighted by molar-refractivity contribution is 0.0760. The average Bonchev–Trinajstić information content (AvgIpc) is 3.27. The van der Waals surface area contributed by atoms with E-state index in [0.29, 0.717) is 25.2 Å². The molecule has 0 saturated carbocycles. The molecule has 3 aromatic rings. The van der Waals surface area contributed by atoms with Crippen molar-refractivity contribution in [3.63, 3.8) is 0 Å². The first kappa shape index (κ1) is 15.8. The minimum Gasteiger partial charge on any atom is -0.391 e. The fourth-order valence-electron chi connectivity index (χ4n) is 3.59. The highest BCUT2D eigenvalue weighted by Crippen LogP contribution is 2.25. The fraction of sp³-hybridized carbons (Fsp3) is 0.389. The summed E-state index contributed by atoms with van der Waals surface area (Å²) in [4.78, 5) is 14.6. The van der Waals surface area contributed by atoms with Gasteiger partial charge in [0.2, 0.25) is 0 Å². The Morgan fingerprint density at radius 2 is 2.16 bits per heavy atom. The smallest absolute Gasteiger partial charge is 0.275 e. The normalized spacial score (nSPS) is 20.5. The van der Waals surface area contributed by atoms with Crippen molar-refractivity contribution in [2.75, 3.05) is 13.1 Å². The summed E-state index contributed by atoms with van der Waals surface area (Å²) in [5.74, 6) is -0.141. The van der Waals surface area contributed by atoms with Gasteiger partial charge in [-0.1, -0.05) is 18.2 Å². The molecule has 0 spiro atoms. The van der Waals surface area contributed by atoms with Crippen molar-refractivity contribution in [1.29, 1.82) is 0 Å². The van der Waals surface area contributed by atoms with Crippen LogP contribution in [0.2, 0.25) is 0 Å². The predicted octanol–water partition coefficient (Wildman–Crippen LogP) is 1.28. The lowest BCUT2D eigenvalue weighted by Gasteiger charge is -2.14. The summed E-state index contributed by atoms with van der Waals surface area (Å²) < 4.78 is 1.72. The van der Waals surface area contributed by atoms with Gasteiger partial charge in [-0.15, -0.1) is 0 Å². The highest BCUT2D eigenvalue weighted by Gasteiger charge is 2.36. The highest BCUT2D eigenvalue weighted by atomic mass is 16.3. The average molecular weight is 339 g/mol. The van der Waals surface area contributed by atoms with E-state index in [2.05, 4.69) is 15.3 Å². The van der Waals surface area contributed by atoms with Crippen molar-refractivity contribution < 1.29 is 9.90 Å².